The molecule has 0 saturated heterocycles. The van der Waals surface area contributed by atoms with Gasteiger partial charge >= 0.3 is 0 Å². The second-order valence-corrected chi connectivity index (χ2v) is 3.94. The molecule has 0 radical (unpaired) electrons. The Balaban J connectivity index is 0.00000289. The van der Waals surface area contributed by atoms with Gasteiger partial charge in [0.25, 0.3) is 0 Å². The summed E-state index contributed by atoms with van der Waals surface area (Å²) in [6.45, 7) is 2.92. The number of rotatable bonds is 6. The zero-order chi connectivity index (χ0) is 12.7. The van der Waals surface area contributed by atoms with E-state index in [9.17, 15) is 4.79 Å². The first-order valence-electron chi connectivity index (χ1n) is 5.83. The van der Waals surface area contributed by atoms with Crippen LogP contribution in [0.4, 0.5) is 0 Å². The molecule has 0 aromatic heterocycles. The Morgan fingerprint density at radius 2 is 2.00 bits per heavy atom. The van der Waals surface area contributed by atoms with E-state index in [0.29, 0.717) is 19.6 Å². The molecule has 102 valence electrons. The molecule has 0 unspecified atom stereocenters. The van der Waals surface area contributed by atoms with E-state index in [1.807, 2.05) is 37.3 Å². The Labute approximate surface area is 115 Å². The largest absolute Gasteiger partial charge is 0.492 e. The van der Waals surface area contributed by atoms with Crippen LogP contribution in [0.2, 0.25) is 0 Å². The summed E-state index contributed by atoms with van der Waals surface area (Å²) in [5.41, 5.74) is 5.67. The molecule has 18 heavy (non-hydrogen) atoms. The summed E-state index contributed by atoms with van der Waals surface area (Å²) in [6.07, 6.45) is 0.655. The lowest BCUT2D eigenvalue weighted by Gasteiger charge is -2.20. The van der Waals surface area contributed by atoms with Gasteiger partial charge < -0.3 is 15.4 Å². The predicted octanol–water partition coefficient (Wildman–Crippen LogP) is 1.68. The molecule has 5 heteroatoms. The fourth-order valence-corrected chi connectivity index (χ4v) is 1.39. The van der Waals surface area contributed by atoms with Gasteiger partial charge in [-0.3, -0.25) is 4.79 Å². The van der Waals surface area contributed by atoms with Crippen LogP contribution in [0.5, 0.6) is 5.75 Å². The highest BCUT2D eigenvalue weighted by Gasteiger charge is 2.15. The minimum Gasteiger partial charge on any atom is -0.492 e. The third-order valence-electron chi connectivity index (χ3n) is 2.57. The van der Waals surface area contributed by atoms with Gasteiger partial charge in [0, 0.05) is 7.05 Å². The molecule has 0 aliphatic carbocycles. The first kappa shape index (κ1) is 16.7. The minimum atomic E-state index is -0.406. The number of hydrogen-bond acceptors (Lipinski definition) is 3. The van der Waals surface area contributed by atoms with Crippen LogP contribution in [0, 0.1) is 0 Å². The van der Waals surface area contributed by atoms with Gasteiger partial charge in [0.15, 0.2) is 0 Å². The number of amides is 1. The van der Waals surface area contributed by atoms with E-state index in [1.165, 1.54) is 0 Å². The van der Waals surface area contributed by atoms with E-state index in [4.69, 9.17) is 10.5 Å². The number of carbonyl (C=O) groups is 1. The number of likely N-dealkylation sites (N-methyl/N-ethyl adjacent to an activating group) is 1. The summed E-state index contributed by atoms with van der Waals surface area (Å²) in [7, 11) is 1.74. The maximum Gasteiger partial charge on any atom is 0.239 e. The van der Waals surface area contributed by atoms with Crippen LogP contribution in [-0.2, 0) is 4.79 Å². The Bertz CT molecular complexity index is 346. The molecule has 1 atom stereocenters. The Morgan fingerprint density at radius 3 is 2.56 bits per heavy atom. The van der Waals surface area contributed by atoms with Gasteiger partial charge in [-0.2, -0.15) is 0 Å². The first-order chi connectivity index (χ1) is 8.15. The van der Waals surface area contributed by atoms with Gasteiger partial charge in [-0.25, -0.2) is 0 Å². The number of hydrogen-bond donors (Lipinski definition) is 1. The third-order valence-corrected chi connectivity index (χ3v) is 2.57. The molecule has 1 aromatic carbocycles. The van der Waals surface area contributed by atoms with Crippen molar-refractivity contribution >= 4 is 18.3 Å². The number of halogens is 1. The van der Waals surface area contributed by atoms with Crippen LogP contribution in [0.25, 0.3) is 0 Å². The lowest BCUT2D eigenvalue weighted by Crippen LogP contribution is -2.42. The maximum atomic E-state index is 11.7. The molecule has 1 aromatic rings. The summed E-state index contributed by atoms with van der Waals surface area (Å²) in [5, 5.41) is 0. The molecule has 4 nitrogen and oxygen atoms in total. The van der Waals surface area contributed by atoms with Crippen LogP contribution in [0.3, 0.4) is 0 Å². The fraction of sp³-hybridized carbons (Fsp3) is 0.462. The van der Waals surface area contributed by atoms with Crippen LogP contribution >= 0.6 is 12.4 Å². The summed E-state index contributed by atoms with van der Waals surface area (Å²) in [6, 6.07) is 9.13. The van der Waals surface area contributed by atoms with Crippen LogP contribution in [-0.4, -0.2) is 37.0 Å². The van der Waals surface area contributed by atoms with E-state index < -0.39 is 6.04 Å². The first-order valence-corrected chi connectivity index (χ1v) is 5.83. The Kier molecular flexibility index (Phi) is 8.16. The highest BCUT2D eigenvalue weighted by molar-refractivity contribution is 5.85. The van der Waals surface area contributed by atoms with Crippen molar-refractivity contribution in [1.29, 1.82) is 0 Å². The Morgan fingerprint density at radius 1 is 1.39 bits per heavy atom. The number of ether oxygens (including phenoxy) is 1. The highest BCUT2D eigenvalue weighted by Crippen LogP contribution is 2.07. The normalized spacial score (nSPS) is 11.3. The molecule has 0 saturated carbocycles. The van der Waals surface area contributed by atoms with Gasteiger partial charge in [0.05, 0.1) is 12.6 Å². The van der Waals surface area contributed by atoms with E-state index in [0.717, 1.165) is 5.75 Å². The summed E-state index contributed by atoms with van der Waals surface area (Å²) in [4.78, 5) is 13.3. The molecule has 1 rings (SSSR count). The summed E-state index contributed by atoms with van der Waals surface area (Å²) >= 11 is 0. The smallest absolute Gasteiger partial charge is 0.239 e. The quantitative estimate of drug-likeness (QED) is 0.857. The molecule has 0 spiro atoms. The molecule has 0 aliphatic heterocycles. The lowest BCUT2D eigenvalue weighted by atomic mass is 10.2. The topological polar surface area (TPSA) is 55.6 Å². The van der Waals surface area contributed by atoms with Crippen LogP contribution < -0.4 is 10.5 Å². The second-order valence-electron chi connectivity index (χ2n) is 3.94. The molecule has 2 N–H and O–H groups in total. The van der Waals surface area contributed by atoms with E-state index in [-0.39, 0.29) is 18.3 Å². The maximum absolute atomic E-state index is 11.7. The van der Waals surface area contributed by atoms with E-state index in [1.54, 1.807) is 11.9 Å². The van der Waals surface area contributed by atoms with Crippen molar-refractivity contribution in [3.63, 3.8) is 0 Å². The summed E-state index contributed by atoms with van der Waals surface area (Å²) in [5.74, 6) is 0.775. The average Bonchev–Trinajstić information content (AvgIpc) is 2.38. The van der Waals surface area contributed by atoms with Crippen molar-refractivity contribution in [2.24, 2.45) is 5.73 Å². The lowest BCUT2D eigenvalue weighted by molar-refractivity contribution is -0.131. The number of carbonyl (C=O) groups excluding carboxylic acids is 1. The van der Waals surface area contributed by atoms with E-state index >= 15 is 0 Å². The molecule has 0 aliphatic rings. The van der Waals surface area contributed by atoms with Gasteiger partial charge in [0.1, 0.15) is 12.4 Å². The van der Waals surface area contributed by atoms with Gasteiger partial charge in [-0.15, -0.1) is 12.4 Å². The van der Waals surface area contributed by atoms with Crippen molar-refractivity contribution in [2.75, 3.05) is 20.2 Å². The number of benzene rings is 1. The Hall–Kier alpha value is -1.26. The third kappa shape index (κ3) is 5.38. The molecule has 0 fully saturated rings. The van der Waals surface area contributed by atoms with E-state index in [2.05, 4.69) is 0 Å². The molecule has 1 amide bonds. The van der Waals surface area contributed by atoms with Crippen LogP contribution in [0.1, 0.15) is 13.3 Å². The predicted molar refractivity (Wildman–Crippen MR) is 75.1 cm³/mol. The number of nitrogens with zero attached hydrogens (tertiary/aromatic N) is 1. The zero-order valence-corrected chi connectivity index (χ0v) is 11.7. The zero-order valence-electron chi connectivity index (χ0n) is 10.8. The SMILES string of the molecule is CC[C@H](N)C(=O)N(C)CCOc1ccccc1.Cl. The van der Waals surface area contributed by atoms with Crippen molar-refractivity contribution in [2.45, 2.75) is 19.4 Å². The molecule has 0 bridgehead atoms. The highest BCUT2D eigenvalue weighted by atomic mass is 35.5. The van der Waals surface area contributed by atoms with Crippen molar-refractivity contribution < 1.29 is 9.53 Å². The standard InChI is InChI=1S/C13H20N2O2.ClH/c1-3-12(14)13(16)15(2)9-10-17-11-7-5-4-6-8-11;/h4-8,12H,3,9-10,14H2,1-2H3;1H/t12-;/m0./s1. The molecular weight excluding hydrogens is 252 g/mol. The second kappa shape index (κ2) is 8.78. The van der Waals surface area contributed by atoms with Crippen LogP contribution in [0.15, 0.2) is 30.3 Å². The average molecular weight is 273 g/mol. The number of para-hydroxylation sites is 1. The summed E-state index contributed by atoms with van der Waals surface area (Å²) < 4.78 is 5.51. The van der Waals surface area contributed by atoms with Gasteiger partial charge in [-0.1, -0.05) is 25.1 Å². The van der Waals surface area contributed by atoms with Gasteiger partial charge in [0.2, 0.25) is 5.91 Å². The van der Waals surface area contributed by atoms with Crippen molar-refractivity contribution in [3.05, 3.63) is 30.3 Å². The molecule has 0 heterocycles. The fourth-order valence-electron chi connectivity index (χ4n) is 1.39. The van der Waals surface area contributed by atoms with Crippen molar-refractivity contribution in [1.82, 2.24) is 4.90 Å². The monoisotopic (exact) mass is 272 g/mol. The number of nitrogens with two attached hydrogens (primary N) is 1. The minimum absolute atomic E-state index is 0. The van der Waals surface area contributed by atoms with Crippen molar-refractivity contribution in [3.8, 4) is 5.75 Å². The molecular formula is C13H21ClN2O2. The van der Waals surface area contributed by atoms with Gasteiger partial charge in [-0.05, 0) is 18.6 Å².